The number of azide groups is 1. The van der Waals surface area contributed by atoms with E-state index in [4.69, 9.17) is 42.6 Å². The highest BCUT2D eigenvalue weighted by atomic mass is 16.8. The molecule has 0 aromatic heterocycles. The lowest BCUT2D eigenvalue weighted by Crippen LogP contribution is -2.66. The number of benzene rings is 2. The van der Waals surface area contributed by atoms with Gasteiger partial charge in [-0.2, -0.15) is 0 Å². The van der Waals surface area contributed by atoms with E-state index in [0.29, 0.717) is 43.6 Å². The second-order valence-corrected chi connectivity index (χ2v) is 19.7. The van der Waals surface area contributed by atoms with Gasteiger partial charge in [0.05, 0.1) is 24.2 Å². The molecule has 3 saturated heterocycles. The Bertz CT molecular complexity index is 1940. The van der Waals surface area contributed by atoms with E-state index in [2.05, 4.69) is 30.8 Å². The van der Waals surface area contributed by atoms with Gasteiger partial charge in [-0.25, -0.2) is 4.79 Å². The number of hydrogen-bond donors (Lipinski definition) is 1. The fraction of sp³-hybridized carbons (Fsp3) is 0.714. The summed E-state index contributed by atoms with van der Waals surface area (Å²) in [6.07, 6.45) is 1.06. The molecule has 7 aliphatic rings. The molecule has 0 amide bonds. The molecule has 0 bridgehead atoms. The number of carbonyl (C=O) groups excluding carboxylic acids is 2. The zero-order chi connectivity index (χ0) is 44.4. The molecule has 14 atom stereocenters. The third kappa shape index (κ3) is 9.48. The molecule has 3 heterocycles. The molecule has 2 aromatic rings. The maximum Gasteiger partial charge on any atom is 0.338 e. The number of aliphatic hydroxyl groups excluding tert-OH is 1. The summed E-state index contributed by atoms with van der Waals surface area (Å²) in [5.74, 6) is -2.30. The van der Waals surface area contributed by atoms with E-state index in [1.807, 2.05) is 30.3 Å². The largest absolute Gasteiger partial charge is 0.459 e. The normalized spacial score (nSPS) is 37.6. The smallest absolute Gasteiger partial charge is 0.338 e. The molecule has 4 aliphatic carbocycles. The van der Waals surface area contributed by atoms with Crippen LogP contribution < -0.4 is 0 Å². The standard InChI is InChI=1S/C49H65N3O12/c1-29(2)33-21-20-30(3)26-34(33)46(55)59-39-40(42-44(64-49(62-42)24-14-7-15-25-49)43-41(39)61-48(63-43)22-12-6-13-23-48)60-47-36(51-52-50)38(56-27-31-16-8-4-9-17-31)37(53)35(58-47)28-57-45(54)32-18-10-5-11-19-32/h4-5,8-11,16-19,29-30,33-44,47,53H,6-7,12-15,20-28H2,1-3H3/t30-,33+,34-,35-,36-,37-,38-,39+,40+,41+,42-,43+,44+,47-/m1/s1. The Kier molecular flexibility index (Phi) is 14.0. The number of carbonyl (C=O) groups is 2. The quantitative estimate of drug-likeness (QED) is 0.0936. The third-order valence-corrected chi connectivity index (χ3v) is 14.9. The van der Waals surface area contributed by atoms with Crippen molar-refractivity contribution in [3.8, 4) is 0 Å². The minimum atomic E-state index is -1.42. The first-order valence-electron chi connectivity index (χ1n) is 23.9. The Morgan fingerprint density at radius 3 is 2.02 bits per heavy atom. The molecular weight excluding hydrogens is 823 g/mol. The van der Waals surface area contributed by atoms with Gasteiger partial charge in [-0.05, 0) is 79.5 Å². The van der Waals surface area contributed by atoms with Crippen LogP contribution in [0.15, 0.2) is 65.8 Å². The molecule has 64 heavy (non-hydrogen) atoms. The van der Waals surface area contributed by atoms with E-state index in [1.165, 1.54) is 0 Å². The minimum absolute atomic E-state index is 0.0605. The molecule has 4 saturated carbocycles. The highest BCUT2D eigenvalue weighted by Gasteiger charge is 2.68. The maximum absolute atomic E-state index is 14.9. The zero-order valence-corrected chi connectivity index (χ0v) is 37.3. The number of hydrogen-bond acceptors (Lipinski definition) is 13. The first-order valence-corrected chi connectivity index (χ1v) is 23.9. The fourth-order valence-corrected chi connectivity index (χ4v) is 11.6. The van der Waals surface area contributed by atoms with Gasteiger partial charge in [-0.15, -0.1) is 0 Å². The Balaban J connectivity index is 1.08. The van der Waals surface area contributed by atoms with Gasteiger partial charge < -0.3 is 47.7 Å². The summed E-state index contributed by atoms with van der Waals surface area (Å²) in [4.78, 5) is 31.3. The van der Waals surface area contributed by atoms with E-state index < -0.39 is 84.8 Å². The summed E-state index contributed by atoms with van der Waals surface area (Å²) in [6.45, 7) is 6.20. The molecular formula is C49H65N3O12. The van der Waals surface area contributed by atoms with Crippen molar-refractivity contribution in [3.63, 3.8) is 0 Å². The van der Waals surface area contributed by atoms with Crippen molar-refractivity contribution in [2.75, 3.05) is 6.61 Å². The molecule has 2 spiro atoms. The van der Waals surface area contributed by atoms with Crippen molar-refractivity contribution in [1.29, 1.82) is 0 Å². The number of nitrogens with zero attached hydrogens (tertiary/aromatic N) is 3. The lowest BCUT2D eigenvalue weighted by atomic mass is 9.70. The minimum Gasteiger partial charge on any atom is -0.459 e. The van der Waals surface area contributed by atoms with Crippen LogP contribution in [-0.2, 0) is 54.0 Å². The van der Waals surface area contributed by atoms with Gasteiger partial charge in [0.2, 0.25) is 0 Å². The van der Waals surface area contributed by atoms with Gasteiger partial charge in [0, 0.05) is 30.6 Å². The monoisotopic (exact) mass is 887 g/mol. The Morgan fingerprint density at radius 2 is 1.41 bits per heavy atom. The van der Waals surface area contributed by atoms with Crippen LogP contribution in [0.3, 0.4) is 0 Å². The molecule has 9 rings (SSSR count). The predicted octanol–water partition coefficient (Wildman–Crippen LogP) is 8.10. The summed E-state index contributed by atoms with van der Waals surface area (Å²) >= 11 is 0. The number of esters is 2. The second kappa shape index (κ2) is 19.7. The van der Waals surface area contributed by atoms with E-state index in [0.717, 1.165) is 56.9 Å². The summed E-state index contributed by atoms with van der Waals surface area (Å²) in [5, 5.41) is 16.1. The summed E-state index contributed by atoms with van der Waals surface area (Å²) in [5.41, 5.74) is 11.2. The number of aliphatic hydroxyl groups is 1. The number of rotatable bonds is 12. The van der Waals surface area contributed by atoms with Gasteiger partial charge in [0.1, 0.15) is 55.4 Å². The SMILES string of the molecule is CC(C)[C@@H]1CC[C@@H](C)C[C@H]1C(=O)O[C@H]1[C@H](O[C@H]2O[C@H](COC(=O)c3ccccc3)[C@@H](O)[C@H](OCc3ccccc3)[C@H]2N=[N+]=[N-])[C@H]2OC3(CCCCC3)O[C@@H]2[C@H]2OC3(CCCCC3)O[C@@H]12. The highest BCUT2D eigenvalue weighted by Crippen LogP contribution is 2.53. The van der Waals surface area contributed by atoms with Gasteiger partial charge in [0.15, 0.2) is 24.0 Å². The van der Waals surface area contributed by atoms with Crippen molar-refractivity contribution in [3.05, 3.63) is 82.2 Å². The molecule has 3 aliphatic heterocycles. The van der Waals surface area contributed by atoms with Gasteiger partial charge in [-0.1, -0.05) is 93.7 Å². The van der Waals surface area contributed by atoms with Gasteiger partial charge in [0.25, 0.3) is 0 Å². The molecule has 348 valence electrons. The summed E-state index contributed by atoms with van der Waals surface area (Å²) < 4.78 is 60.9. The van der Waals surface area contributed by atoms with Crippen LogP contribution in [0.1, 0.15) is 120 Å². The molecule has 1 N–H and O–H groups in total. The van der Waals surface area contributed by atoms with Crippen LogP contribution in [0.25, 0.3) is 10.4 Å². The molecule has 7 fully saturated rings. The fourth-order valence-electron chi connectivity index (χ4n) is 11.6. The molecule has 0 radical (unpaired) electrons. The van der Waals surface area contributed by atoms with E-state index in [9.17, 15) is 20.2 Å². The molecule has 0 unspecified atom stereocenters. The van der Waals surface area contributed by atoms with Crippen molar-refractivity contribution in [2.45, 2.75) is 190 Å². The van der Waals surface area contributed by atoms with Crippen molar-refractivity contribution in [1.82, 2.24) is 0 Å². The van der Waals surface area contributed by atoms with Crippen molar-refractivity contribution in [2.24, 2.45) is 28.8 Å². The topological polar surface area (TPSA) is 186 Å². The van der Waals surface area contributed by atoms with Crippen LogP contribution in [0.5, 0.6) is 0 Å². The van der Waals surface area contributed by atoms with Crippen molar-refractivity contribution >= 4 is 11.9 Å². The van der Waals surface area contributed by atoms with Crippen LogP contribution in [0, 0.1) is 23.7 Å². The summed E-state index contributed by atoms with van der Waals surface area (Å²) in [7, 11) is 0. The Labute approximate surface area is 375 Å². The average Bonchev–Trinajstić information content (AvgIpc) is 3.86. The summed E-state index contributed by atoms with van der Waals surface area (Å²) in [6, 6.07) is 16.7. The molecule has 15 heteroatoms. The second-order valence-electron chi connectivity index (χ2n) is 19.7. The van der Waals surface area contributed by atoms with Crippen LogP contribution in [-0.4, -0.2) is 102 Å². The first-order chi connectivity index (χ1) is 31.1. The van der Waals surface area contributed by atoms with E-state index >= 15 is 0 Å². The lowest BCUT2D eigenvalue weighted by Gasteiger charge is -2.47. The van der Waals surface area contributed by atoms with Gasteiger partial charge >= 0.3 is 11.9 Å². The molecule has 15 nitrogen and oxygen atoms in total. The lowest BCUT2D eigenvalue weighted by molar-refractivity contribution is -0.312. The third-order valence-electron chi connectivity index (χ3n) is 14.9. The number of ether oxygens (including phenoxy) is 9. The van der Waals surface area contributed by atoms with Crippen LogP contribution in [0.4, 0.5) is 0 Å². The van der Waals surface area contributed by atoms with Crippen LogP contribution in [0.2, 0.25) is 0 Å². The molecule has 2 aromatic carbocycles. The van der Waals surface area contributed by atoms with Gasteiger partial charge in [-0.3, -0.25) is 4.79 Å². The first kappa shape index (κ1) is 45.5. The maximum atomic E-state index is 14.9. The Morgan fingerprint density at radius 1 is 0.812 bits per heavy atom. The number of fused-ring (bicyclic) bond motifs is 3. The average molecular weight is 888 g/mol. The van der Waals surface area contributed by atoms with E-state index in [1.54, 1.807) is 30.3 Å². The Hall–Kier alpha value is -3.63. The highest BCUT2D eigenvalue weighted by molar-refractivity contribution is 5.89. The van der Waals surface area contributed by atoms with E-state index in [-0.39, 0.29) is 36.9 Å². The zero-order valence-electron chi connectivity index (χ0n) is 37.3. The van der Waals surface area contributed by atoms with Crippen molar-refractivity contribution < 1.29 is 57.3 Å². The predicted molar refractivity (Wildman–Crippen MR) is 230 cm³/mol. The van der Waals surface area contributed by atoms with Crippen LogP contribution >= 0.6 is 0 Å².